The van der Waals surface area contributed by atoms with E-state index in [0.29, 0.717) is 0 Å². The van der Waals surface area contributed by atoms with E-state index >= 15 is 0 Å². The van der Waals surface area contributed by atoms with Crippen LogP contribution < -0.4 is 0 Å². The van der Waals surface area contributed by atoms with Crippen molar-refractivity contribution < 1.29 is 14.6 Å². The molecule has 3 nitrogen and oxygen atoms in total. The quantitative estimate of drug-likeness (QED) is 0.498. The highest BCUT2D eigenvalue weighted by Gasteiger charge is 2.52. The van der Waals surface area contributed by atoms with Gasteiger partial charge in [0, 0.05) is 0 Å². The van der Waals surface area contributed by atoms with Gasteiger partial charge in [0.15, 0.2) is 0 Å². The Morgan fingerprint density at radius 3 is 2.10 bits per heavy atom. The molecule has 1 aliphatic rings. The van der Waals surface area contributed by atoms with Gasteiger partial charge in [-0.15, -0.1) is 0 Å². The third-order valence-electron chi connectivity index (χ3n) is 2.34. The summed E-state index contributed by atoms with van der Waals surface area (Å²) in [6.07, 6.45) is 0. The summed E-state index contributed by atoms with van der Waals surface area (Å²) in [5.41, 5.74) is -1.77. The number of hydrogen-bond donors (Lipinski definition) is 1. The van der Waals surface area contributed by atoms with Crippen LogP contribution in [0, 0.1) is 5.41 Å². The third-order valence-corrected chi connectivity index (χ3v) is 2.34. The number of rotatable bonds is 0. The predicted octanol–water partition coefficient (Wildman–Crippen LogP) is 0.320. The van der Waals surface area contributed by atoms with Crippen LogP contribution in [0.5, 0.6) is 0 Å². The number of carbonyl (C=O) groups excluding carboxylic acids is 1. The predicted molar refractivity (Wildman–Crippen MR) is 35.4 cm³/mol. The molecule has 10 heavy (non-hydrogen) atoms. The van der Waals surface area contributed by atoms with E-state index in [1.54, 1.807) is 20.8 Å². The van der Waals surface area contributed by atoms with Gasteiger partial charge in [-0.3, -0.25) is 4.79 Å². The van der Waals surface area contributed by atoms with Crippen molar-refractivity contribution in [3.05, 3.63) is 0 Å². The van der Waals surface area contributed by atoms with Crippen LogP contribution in [0.25, 0.3) is 0 Å². The number of carbonyl (C=O) groups is 1. The highest BCUT2D eigenvalue weighted by Crippen LogP contribution is 2.37. The molecule has 0 aliphatic carbocycles. The largest absolute Gasteiger partial charge is 0.462 e. The fraction of sp³-hybridized carbons (Fsp3) is 0.857. The lowest BCUT2D eigenvalue weighted by molar-refractivity contribution is -0.146. The highest BCUT2D eigenvalue weighted by atomic mass is 16.6. The number of hydrogen-bond acceptors (Lipinski definition) is 3. The Kier molecular flexibility index (Phi) is 1.30. The van der Waals surface area contributed by atoms with Crippen molar-refractivity contribution in [2.45, 2.75) is 26.4 Å². The van der Waals surface area contributed by atoms with Crippen molar-refractivity contribution in [3.8, 4) is 0 Å². The Balaban J connectivity index is 2.95. The summed E-state index contributed by atoms with van der Waals surface area (Å²) < 4.78 is 4.69. The number of aliphatic hydroxyl groups is 1. The molecule has 0 aromatic carbocycles. The van der Waals surface area contributed by atoms with Gasteiger partial charge in [0.25, 0.3) is 0 Å². The van der Waals surface area contributed by atoms with Crippen molar-refractivity contribution in [2.24, 2.45) is 5.41 Å². The molecule has 0 aromatic rings. The van der Waals surface area contributed by atoms with Crippen LogP contribution in [0.1, 0.15) is 20.8 Å². The van der Waals surface area contributed by atoms with E-state index in [9.17, 15) is 9.90 Å². The van der Waals surface area contributed by atoms with Crippen molar-refractivity contribution in [2.75, 3.05) is 6.61 Å². The summed E-state index contributed by atoms with van der Waals surface area (Å²) in [4.78, 5) is 10.9. The zero-order valence-electron chi connectivity index (χ0n) is 6.47. The summed E-state index contributed by atoms with van der Waals surface area (Å²) in [5, 5.41) is 9.55. The van der Waals surface area contributed by atoms with Gasteiger partial charge >= 0.3 is 5.97 Å². The van der Waals surface area contributed by atoms with Crippen molar-refractivity contribution in [3.63, 3.8) is 0 Å². The molecule has 1 unspecified atom stereocenters. The van der Waals surface area contributed by atoms with Gasteiger partial charge in [-0.05, 0) is 20.8 Å². The SMILES string of the molecule is CC1(O)COC(=O)C1(C)C. The van der Waals surface area contributed by atoms with Gasteiger partial charge in [0.2, 0.25) is 0 Å². The zero-order valence-corrected chi connectivity index (χ0v) is 6.47. The Morgan fingerprint density at radius 1 is 1.50 bits per heavy atom. The standard InChI is InChI=1S/C7H12O3/c1-6(2)5(8)10-4-7(6,3)9/h9H,4H2,1-3H3. The first-order chi connectivity index (χ1) is 4.38. The third kappa shape index (κ3) is 0.736. The molecule has 3 heteroatoms. The molecule has 0 amide bonds. The number of cyclic esters (lactones) is 1. The van der Waals surface area contributed by atoms with E-state index in [1.165, 1.54) is 0 Å². The molecular weight excluding hydrogens is 132 g/mol. The van der Waals surface area contributed by atoms with E-state index in [2.05, 4.69) is 0 Å². The van der Waals surface area contributed by atoms with Crippen LogP contribution in [-0.4, -0.2) is 23.3 Å². The maximum absolute atomic E-state index is 10.9. The molecule has 1 aliphatic heterocycles. The molecule has 0 aromatic heterocycles. The Bertz CT molecular complexity index is 170. The molecule has 0 saturated carbocycles. The van der Waals surface area contributed by atoms with E-state index in [-0.39, 0.29) is 12.6 Å². The fourth-order valence-corrected chi connectivity index (χ4v) is 0.787. The average Bonchev–Trinajstić information content (AvgIpc) is 1.94. The highest BCUT2D eigenvalue weighted by molar-refractivity contribution is 5.79. The van der Waals surface area contributed by atoms with Crippen molar-refractivity contribution >= 4 is 5.97 Å². The zero-order chi connectivity index (χ0) is 7.99. The molecule has 1 N–H and O–H groups in total. The number of esters is 1. The van der Waals surface area contributed by atoms with Crippen LogP contribution in [-0.2, 0) is 9.53 Å². The molecule has 1 rings (SSSR count). The van der Waals surface area contributed by atoms with E-state index in [0.717, 1.165) is 0 Å². The lowest BCUT2D eigenvalue weighted by Crippen LogP contribution is -2.41. The second-order valence-electron chi connectivity index (χ2n) is 3.47. The number of ether oxygens (including phenoxy) is 1. The molecular formula is C7H12O3. The van der Waals surface area contributed by atoms with Crippen LogP contribution in [0.15, 0.2) is 0 Å². The Hall–Kier alpha value is -0.570. The summed E-state index contributed by atoms with van der Waals surface area (Å²) in [7, 11) is 0. The summed E-state index contributed by atoms with van der Waals surface area (Å²) in [6, 6.07) is 0. The monoisotopic (exact) mass is 144 g/mol. The van der Waals surface area contributed by atoms with Gasteiger partial charge < -0.3 is 9.84 Å². The molecule has 0 bridgehead atoms. The van der Waals surface area contributed by atoms with Crippen molar-refractivity contribution in [1.82, 2.24) is 0 Å². The van der Waals surface area contributed by atoms with Gasteiger partial charge in [-0.25, -0.2) is 0 Å². The second kappa shape index (κ2) is 1.72. The minimum absolute atomic E-state index is 0.110. The average molecular weight is 144 g/mol. The van der Waals surface area contributed by atoms with Gasteiger partial charge in [0.05, 0.1) is 5.41 Å². The maximum Gasteiger partial charge on any atom is 0.314 e. The van der Waals surface area contributed by atoms with Crippen LogP contribution in [0.2, 0.25) is 0 Å². The maximum atomic E-state index is 10.9. The van der Waals surface area contributed by atoms with Gasteiger partial charge in [0.1, 0.15) is 12.2 Å². The minimum Gasteiger partial charge on any atom is -0.462 e. The first-order valence-electron chi connectivity index (χ1n) is 3.27. The lowest BCUT2D eigenvalue weighted by atomic mass is 9.79. The summed E-state index contributed by atoms with van der Waals surface area (Å²) in [6.45, 7) is 5.08. The van der Waals surface area contributed by atoms with Gasteiger partial charge in [-0.2, -0.15) is 0 Å². The molecule has 0 spiro atoms. The molecule has 1 saturated heterocycles. The van der Waals surface area contributed by atoms with Crippen LogP contribution in [0.3, 0.4) is 0 Å². The smallest absolute Gasteiger partial charge is 0.314 e. The van der Waals surface area contributed by atoms with E-state index in [4.69, 9.17) is 4.74 Å². The first-order valence-corrected chi connectivity index (χ1v) is 3.27. The topological polar surface area (TPSA) is 46.5 Å². The Labute approximate surface area is 60.0 Å². The van der Waals surface area contributed by atoms with Gasteiger partial charge in [-0.1, -0.05) is 0 Å². The van der Waals surface area contributed by atoms with E-state index in [1.807, 2.05) is 0 Å². The lowest BCUT2D eigenvalue weighted by Gasteiger charge is -2.26. The fourth-order valence-electron chi connectivity index (χ4n) is 0.787. The molecule has 1 fully saturated rings. The molecule has 58 valence electrons. The van der Waals surface area contributed by atoms with Crippen LogP contribution >= 0.6 is 0 Å². The minimum atomic E-state index is -1.01. The van der Waals surface area contributed by atoms with Crippen LogP contribution in [0.4, 0.5) is 0 Å². The van der Waals surface area contributed by atoms with Crippen molar-refractivity contribution in [1.29, 1.82) is 0 Å². The Morgan fingerprint density at radius 2 is 2.00 bits per heavy atom. The first kappa shape index (κ1) is 7.54. The molecule has 0 radical (unpaired) electrons. The normalized spacial score (nSPS) is 37.8. The summed E-state index contributed by atoms with van der Waals surface area (Å²) >= 11 is 0. The molecule has 1 atom stereocenters. The van der Waals surface area contributed by atoms with E-state index < -0.39 is 11.0 Å². The second-order valence-corrected chi connectivity index (χ2v) is 3.47. The molecule has 1 heterocycles. The summed E-state index contributed by atoms with van der Waals surface area (Å²) in [5.74, 6) is -0.322.